The van der Waals surface area contributed by atoms with Crippen LogP contribution in [0.25, 0.3) is 5.57 Å². The van der Waals surface area contributed by atoms with Crippen molar-refractivity contribution in [3.8, 4) is 11.5 Å². The summed E-state index contributed by atoms with van der Waals surface area (Å²) in [6, 6.07) is 14.9. The molecule has 0 heterocycles. The van der Waals surface area contributed by atoms with Gasteiger partial charge in [-0.15, -0.1) is 0 Å². The molecule has 7 nitrogen and oxygen atoms in total. The normalized spacial score (nSPS) is 11.9. The number of carboxylic acids is 1. The number of carbonyl (C=O) groups is 2. The van der Waals surface area contributed by atoms with E-state index in [1.807, 2.05) is 0 Å². The van der Waals surface area contributed by atoms with Gasteiger partial charge in [0.05, 0.1) is 11.1 Å². The number of allylic oxidation sites excluding steroid dienone is 1. The number of esters is 1. The quantitative estimate of drug-likeness (QED) is 0.108. The number of aliphatic carboxylic acids is 1. The number of rotatable bonds is 10. The highest BCUT2D eigenvalue weighted by Crippen LogP contribution is 2.29. The Kier molecular flexibility index (Phi) is 8.38. The molecule has 0 aliphatic carbocycles. The number of hydrogen-bond donors (Lipinski definition) is 3. The number of halogens is 4. The molecule has 37 heavy (non-hydrogen) atoms. The number of hydrogen-bond acceptors (Lipinski definition) is 6. The summed E-state index contributed by atoms with van der Waals surface area (Å²) in [5, 5.41) is 9.78. The van der Waals surface area contributed by atoms with E-state index in [0.717, 1.165) is 29.8 Å². The Labute approximate surface area is 208 Å². The van der Waals surface area contributed by atoms with Crippen LogP contribution in [0.3, 0.4) is 0 Å². The molecule has 0 amide bonds. The summed E-state index contributed by atoms with van der Waals surface area (Å²) >= 11 is 0. The maximum absolute atomic E-state index is 13.0. The van der Waals surface area contributed by atoms with Gasteiger partial charge in [0.15, 0.2) is 0 Å². The zero-order valence-corrected chi connectivity index (χ0v) is 19.2. The Bertz CT molecular complexity index is 1290. The SMILES string of the molecule is Nc1cc(N)cc(CC/C=C(/C(=O)O)c2ccccc2C(=O)Oc2ccc(OC(F)(F)C(F)F)cc2)c1. The minimum atomic E-state index is -4.68. The highest BCUT2D eigenvalue weighted by molar-refractivity contribution is 6.18. The molecule has 0 saturated carbocycles. The summed E-state index contributed by atoms with van der Waals surface area (Å²) in [5.41, 5.74) is 13.2. The van der Waals surface area contributed by atoms with Gasteiger partial charge in [0, 0.05) is 16.9 Å². The topological polar surface area (TPSA) is 125 Å². The molecule has 0 unspecified atom stereocenters. The van der Waals surface area contributed by atoms with Crippen molar-refractivity contribution in [2.45, 2.75) is 25.4 Å². The van der Waals surface area contributed by atoms with E-state index in [4.69, 9.17) is 16.2 Å². The summed E-state index contributed by atoms with van der Waals surface area (Å²) in [4.78, 5) is 24.8. The molecular formula is C26H22F4N2O5. The summed E-state index contributed by atoms with van der Waals surface area (Å²) in [5.74, 6) is -2.86. The minimum absolute atomic E-state index is 0.0612. The van der Waals surface area contributed by atoms with Crippen LogP contribution in [0.15, 0.2) is 72.8 Å². The van der Waals surface area contributed by atoms with Crippen LogP contribution in [0.1, 0.15) is 27.9 Å². The Morgan fingerprint density at radius 2 is 1.49 bits per heavy atom. The first kappa shape index (κ1) is 27.1. The molecule has 194 valence electrons. The fourth-order valence-electron chi connectivity index (χ4n) is 3.42. The van der Waals surface area contributed by atoms with Gasteiger partial charge in [0.2, 0.25) is 0 Å². The number of carboxylic acid groups (broad SMARTS) is 1. The molecule has 3 aromatic carbocycles. The van der Waals surface area contributed by atoms with Crippen molar-refractivity contribution in [2.24, 2.45) is 0 Å². The third kappa shape index (κ3) is 7.23. The molecule has 0 spiro atoms. The van der Waals surface area contributed by atoms with Crippen molar-refractivity contribution in [1.29, 1.82) is 0 Å². The maximum atomic E-state index is 13.0. The third-order valence-corrected chi connectivity index (χ3v) is 5.03. The molecular weight excluding hydrogens is 496 g/mol. The molecule has 0 saturated heterocycles. The van der Waals surface area contributed by atoms with Crippen molar-refractivity contribution in [3.63, 3.8) is 0 Å². The number of ether oxygens (including phenoxy) is 2. The van der Waals surface area contributed by atoms with Crippen molar-refractivity contribution >= 4 is 28.9 Å². The van der Waals surface area contributed by atoms with Gasteiger partial charge >= 0.3 is 24.5 Å². The van der Waals surface area contributed by atoms with Gasteiger partial charge < -0.3 is 26.0 Å². The molecule has 0 bridgehead atoms. The number of anilines is 2. The lowest BCUT2D eigenvalue weighted by Gasteiger charge is -2.16. The predicted molar refractivity (Wildman–Crippen MR) is 129 cm³/mol. The lowest BCUT2D eigenvalue weighted by atomic mass is 9.97. The highest BCUT2D eigenvalue weighted by Gasteiger charge is 2.43. The van der Waals surface area contributed by atoms with E-state index in [9.17, 15) is 32.3 Å². The average molecular weight is 518 g/mol. The first-order valence-corrected chi connectivity index (χ1v) is 10.8. The van der Waals surface area contributed by atoms with Crippen molar-refractivity contribution in [2.75, 3.05) is 11.5 Å². The van der Waals surface area contributed by atoms with Crippen LogP contribution in [-0.2, 0) is 11.2 Å². The second-order valence-electron chi connectivity index (χ2n) is 7.84. The van der Waals surface area contributed by atoms with E-state index in [0.29, 0.717) is 24.2 Å². The van der Waals surface area contributed by atoms with Crippen LogP contribution in [-0.4, -0.2) is 29.6 Å². The first-order valence-electron chi connectivity index (χ1n) is 10.8. The van der Waals surface area contributed by atoms with Gasteiger partial charge in [0.1, 0.15) is 11.5 Å². The van der Waals surface area contributed by atoms with Gasteiger partial charge in [-0.2, -0.15) is 17.6 Å². The Morgan fingerprint density at radius 1 is 0.919 bits per heavy atom. The average Bonchev–Trinajstić information content (AvgIpc) is 2.82. The highest BCUT2D eigenvalue weighted by atomic mass is 19.3. The Hall–Kier alpha value is -4.54. The van der Waals surface area contributed by atoms with Crippen LogP contribution < -0.4 is 20.9 Å². The first-order chi connectivity index (χ1) is 17.5. The third-order valence-electron chi connectivity index (χ3n) is 5.03. The van der Waals surface area contributed by atoms with Crippen LogP contribution in [0.5, 0.6) is 11.5 Å². The Balaban J connectivity index is 1.77. The number of alkyl halides is 4. The molecule has 11 heteroatoms. The van der Waals surface area contributed by atoms with E-state index in [-0.39, 0.29) is 22.4 Å². The number of carbonyl (C=O) groups excluding carboxylic acids is 1. The summed E-state index contributed by atoms with van der Waals surface area (Å²) < 4.78 is 59.9. The summed E-state index contributed by atoms with van der Waals surface area (Å²) in [7, 11) is 0. The van der Waals surface area contributed by atoms with E-state index in [1.54, 1.807) is 24.3 Å². The van der Waals surface area contributed by atoms with E-state index < -0.39 is 30.2 Å². The molecule has 0 atom stereocenters. The van der Waals surface area contributed by atoms with Crippen molar-refractivity contribution in [3.05, 3.63) is 89.5 Å². The molecule has 0 aromatic heterocycles. The van der Waals surface area contributed by atoms with Gasteiger partial charge in [0.25, 0.3) is 0 Å². The predicted octanol–water partition coefficient (Wildman–Crippen LogP) is 5.41. The van der Waals surface area contributed by atoms with E-state index in [1.165, 1.54) is 24.3 Å². The number of nitrogens with two attached hydrogens (primary N) is 2. The minimum Gasteiger partial charge on any atom is -0.478 e. The largest absolute Gasteiger partial charge is 0.478 e. The zero-order chi connectivity index (χ0) is 27.2. The standard InChI is InChI=1S/C26H22F4N2O5/c27-25(28)26(29,30)37-19-10-8-18(9-11-19)36-24(35)22-6-2-1-5-20(22)21(23(33)34)7-3-4-15-12-16(31)14-17(32)13-15/h1-2,5-14,25H,3-4,31-32H2,(H,33,34)/b21-7+. The van der Waals surface area contributed by atoms with Crippen LogP contribution in [0.2, 0.25) is 0 Å². The summed E-state index contributed by atoms with van der Waals surface area (Å²) in [6.45, 7) is 0. The van der Waals surface area contributed by atoms with Crippen molar-refractivity contribution in [1.82, 2.24) is 0 Å². The Morgan fingerprint density at radius 3 is 2.05 bits per heavy atom. The molecule has 0 radical (unpaired) electrons. The maximum Gasteiger partial charge on any atom is 0.461 e. The monoisotopic (exact) mass is 518 g/mol. The van der Waals surface area contributed by atoms with E-state index >= 15 is 0 Å². The molecule has 5 N–H and O–H groups in total. The van der Waals surface area contributed by atoms with Gasteiger partial charge in [-0.3, -0.25) is 0 Å². The van der Waals surface area contributed by atoms with E-state index in [2.05, 4.69) is 4.74 Å². The number of nitrogen functional groups attached to an aromatic ring is 2. The van der Waals surface area contributed by atoms with Gasteiger partial charge in [-0.25, -0.2) is 9.59 Å². The van der Waals surface area contributed by atoms with Gasteiger partial charge in [-0.05, 0) is 66.9 Å². The lowest BCUT2D eigenvalue weighted by Crippen LogP contribution is -2.33. The van der Waals surface area contributed by atoms with Crippen LogP contribution in [0.4, 0.5) is 28.9 Å². The van der Waals surface area contributed by atoms with Gasteiger partial charge in [-0.1, -0.05) is 24.3 Å². The van der Waals surface area contributed by atoms with Crippen LogP contribution >= 0.6 is 0 Å². The smallest absolute Gasteiger partial charge is 0.461 e. The molecule has 3 aromatic rings. The lowest BCUT2D eigenvalue weighted by molar-refractivity contribution is -0.253. The fraction of sp³-hybridized carbons (Fsp3) is 0.154. The number of aryl methyl sites for hydroxylation is 1. The molecule has 0 fully saturated rings. The number of benzene rings is 3. The molecule has 0 aliphatic rings. The van der Waals surface area contributed by atoms with Crippen molar-refractivity contribution < 1.29 is 41.7 Å². The van der Waals surface area contributed by atoms with Crippen LogP contribution in [0, 0.1) is 0 Å². The fourth-order valence-corrected chi connectivity index (χ4v) is 3.42. The zero-order valence-electron chi connectivity index (χ0n) is 19.2. The molecule has 0 aliphatic heterocycles. The second kappa shape index (κ2) is 11.5. The molecule has 3 rings (SSSR count). The second-order valence-corrected chi connectivity index (χ2v) is 7.84. The summed E-state index contributed by atoms with van der Waals surface area (Å²) in [6.07, 6.45) is -6.50.